The first kappa shape index (κ1) is 19.2. The molecule has 0 bridgehead atoms. The van der Waals surface area contributed by atoms with Crippen LogP contribution in [0.5, 0.6) is 0 Å². The Balaban J connectivity index is 2.53. The number of methoxy groups -OCH3 is 1. The largest absolute Gasteiger partial charge is 0.469 e. The Kier molecular flexibility index (Phi) is 8.38. The van der Waals surface area contributed by atoms with Gasteiger partial charge in [0, 0.05) is 5.92 Å². The summed E-state index contributed by atoms with van der Waals surface area (Å²) in [5.41, 5.74) is 1.18. The summed E-state index contributed by atoms with van der Waals surface area (Å²) in [7, 11) is 1.37. The summed E-state index contributed by atoms with van der Waals surface area (Å²) >= 11 is 0. The molecular formula is C19H28O4. The maximum Gasteiger partial charge on any atom is 0.308 e. The molecule has 0 amide bonds. The van der Waals surface area contributed by atoms with E-state index in [1.807, 2.05) is 25.1 Å². The predicted molar refractivity (Wildman–Crippen MR) is 90.0 cm³/mol. The van der Waals surface area contributed by atoms with Gasteiger partial charge in [-0.1, -0.05) is 51.1 Å². The number of carbonyl (C=O) groups is 2. The van der Waals surface area contributed by atoms with Crippen LogP contribution in [0, 0.1) is 11.8 Å². The van der Waals surface area contributed by atoms with Gasteiger partial charge in [-0.15, -0.1) is 0 Å². The number of benzene rings is 1. The van der Waals surface area contributed by atoms with Crippen LogP contribution in [0.1, 0.15) is 51.5 Å². The van der Waals surface area contributed by atoms with Gasteiger partial charge in [-0.25, -0.2) is 0 Å². The normalized spacial score (nSPS) is 14.6. The van der Waals surface area contributed by atoms with Gasteiger partial charge in [-0.3, -0.25) is 9.59 Å². The number of hydrogen-bond donors (Lipinski definition) is 0. The molecule has 3 atom stereocenters. The van der Waals surface area contributed by atoms with Gasteiger partial charge < -0.3 is 9.47 Å². The molecule has 0 aliphatic carbocycles. The molecular weight excluding hydrogens is 292 g/mol. The van der Waals surface area contributed by atoms with Gasteiger partial charge in [0.05, 0.1) is 25.6 Å². The molecule has 1 rings (SSSR count). The lowest BCUT2D eigenvalue weighted by Gasteiger charge is -2.19. The Labute approximate surface area is 139 Å². The molecule has 0 heterocycles. The average molecular weight is 320 g/mol. The van der Waals surface area contributed by atoms with Crippen LogP contribution in [0.2, 0.25) is 0 Å². The molecule has 0 spiro atoms. The molecule has 23 heavy (non-hydrogen) atoms. The van der Waals surface area contributed by atoms with Crippen molar-refractivity contribution in [2.75, 3.05) is 13.7 Å². The van der Waals surface area contributed by atoms with Gasteiger partial charge in [-0.2, -0.15) is 0 Å². The fourth-order valence-corrected chi connectivity index (χ4v) is 2.62. The van der Waals surface area contributed by atoms with Crippen molar-refractivity contribution in [1.29, 1.82) is 0 Å². The third-order valence-electron chi connectivity index (χ3n) is 4.26. The SMILES string of the molecule is CCC(CC(C)C(=O)OCC(CC)c1ccccc1)C(=O)OC. The zero-order valence-corrected chi connectivity index (χ0v) is 14.6. The Morgan fingerprint density at radius 2 is 1.70 bits per heavy atom. The fraction of sp³-hybridized carbons (Fsp3) is 0.579. The lowest BCUT2D eigenvalue weighted by molar-refractivity contribution is -0.151. The number of ether oxygens (including phenoxy) is 2. The quantitative estimate of drug-likeness (QED) is 0.647. The van der Waals surface area contributed by atoms with Crippen LogP contribution < -0.4 is 0 Å². The number of esters is 2. The Morgan fingerprint density at radius 3 is 2.22 bits per heavy atom. The molecule has 128 valence electrons. The van der Waals surface area contributed by atoms with Crippen LogP contribution in [0.25, 0.3) is 0 Å². The molecule has 0 saturated heterocycles. The van der Waals surface area contributed by atoms with Crippen LogP contribution in [0.15, 0.2) is 30.3 Å². The predicted octanol–water partition coefficient (Wildman–Crippen LogP) is 3.95. The molecule has 1 aromatic rings. The van der Waals surface area contributed by atoms with E-state index in [9.17, 15) is 9.59 Å². The van der Waals surface area contributed by atoms with E-state index in [4.69, 9.17) is 9.47 Å². The highest BCUT2D eigenvalue weighted by atomic mass is 16.5. The molecule has 0 aromatic heterocycles. The van der Waals surface area contributed by atoms with Gasteiger partial charge in [-0.05, 0) is 24.8 Å². The second-order valence-corrected chi connectivity index (χ2v) is 5.91. The van der Waals surface area contributed by atoms with E-state index in [2.05, 4.69) is 19.1 Å². The van der Waals surface area contributed by atoms with E-state index in [1.165, 1.54) is 12.7 Å². The Hall–Kier alpha value is -1.84. The zero-order chi connectivity index (χ0) is 17.2. The van der Waals surface area contributed by atoms with Gasteiger partial charge in [0.1, 0.15) is 0 Å². The van der Waals surface area contributed by atoms with E-state index in [-0.39, 0.29) is 29.7 Å². The van der Waals surface area contributed by atoms with Crippen molar-refractivity contribution in [3.63, 3.8) is 0 Å². The van der Waals surface area contributed by atoms with Crippen LogP contribution in [-0.4, -0.2) is 25.7 Å². The third kappa shape index (κ3) is 6.05. The minimum atomic E-state index is -0.313. The molecule has 0 N–H and O–H groups in total. The second kappa shape index (κ2) is 10.0. The van der Waals surface area contributed by atoms with Crippen LogP contribution in [-0.2, 0) is 19.1 Å². The highest BCUT2D eigenvalue weighted by Gasteiger charge is 2.25. The Morgan fingerprint density at radius 1 is 1.04 bits per heavy atom. The van der Waals surface area contributed by atoms with Crippen molar-refractivity contribution >= 4 is 11.9 Å². The summed E-state index contributed by atoms with van der Waals surface area (Å²) in [5, 5.41) is 0. The van der Waals surface area contributed by atoms with Crippen molar-refractivity contribution in [2.45, 2.75) is 46.0 Å². The second-order valence-electron chi connectivity index (χ2n) is 5.91. The summed E-state index contributed by atoms with van der Waals surface area (Å²) in [6, 6.07) is 10.1. The maximum atomic E-state index is 12.2. The van der Waals surface area contributed by atoms with Crippen LogP contribution in [0.4, 0.5) is 0 Å². The minimum absolute atomic E-state index is 0.204. The standard InChI is InChI=1S/C19H28O4/c1-5-15(19(21)22-4)12-14(3)18(20)23-13-16(6-2)17-10-8-7-9-11-17/h7-11,14-16H,5-6,12-13H2,1-4H3. The fourth-order valence-electron chi connectivity index (χ4n) is 2.62. The van der Waals surface area contributed by atoms with E-state index < -0.39 is 0 Å². The first-order chi connectivity index (χ1) is 11.0. The van der Waals surface area contributed by atoms with Gasteiger partial charge in [0.2, 0.25) is 0 Å². The summed E-state index contributed by atoms with van der Waals surface area (Å²) < 4.78 is 10.2. The lowest BCUT2D eigenvalue weighted by Crippen LogP contribution is -2.24. The van der Waals surface area contributed by atoms with Crippen molar-refractivity contribution in [3.05, 3.63) is 35.9 Å². The Bertz CT molecular complexity index is 483. The topological polar surface area (TPSA) is 52.6 Å². The highest BCUT2D eigenvalue weighted by molar-refractivity contribution is 5.75. The summed E-state index contributed by atoms with van der Waals surface area (Å²) in [6.07, 6.45) is 2.03. The van der Waals surface area contributed by atoms with Gasteiger partial charge in [0.25, 0.3) is 0 Å². The van der Waals surface area contributed by atoms with Gasteiger partial charge >= 0.3 is 11.9 Å². The molecule has 0 radical (unpaired) electrons. The third-order valence-corrected chi connectivity index (χ3v) is 4.26. The monoisotopic (exact) mass is 320 g/mol. The van der Waals surface area contributed by atoms with Gasteiger partial charge in [0.15, 0.2) is 0 Å². The minimum Gasteiger partial charge on any atom is -0.469 e. The molecule has 4 heteroatoms. The first-order valence-corrected chi connectivity index (χ1v) is 8.32. The van der Waals surface area contributed by atoms with E-state index >= 15 is 0 Å². The number of hydrogen-bond acceptors (Lipinski definition) is 4. The average Bonchev–Trinajstić information content (AvgIpc) is 2.59. The van der Waals surface area contributed by atoms with Crippen LogP contribution in [0.3, 0.4) is 0 Å². The van der Waals surface area contributed by atoms with E-state index in [0.29, 0.717) is 19.4 Å². The molecule has 0 aliphatic heterocycles. The van der Waals surface area contributed by atoms with Crippen molar-refractivity contribution in [2.24, 2.45) is 11.8 Å². The lowest BCUT2D eigenvalue weighted by atomic mass is 9.93. The van der Waals surface area contributed by atoms with Crippen molar-refractivity contribution < 1.29 is 19.1 Å². The number of rotatable bonds is 9. The van der Waals surface area contributed by atoms with Crippen LogP contribution >= 0.6 is 0 Å². The number of carbonyl (C=O) groups excluding carboxylic acids is 2. The highest BCUT2D eigenvalue weighted by Crippen LogP contribution is 2.22. The van der Waals surface area contributed by atoms with Crippen molar-refractivity contribution in [1.82, 2.24) is 0 Å². The van der Waals surface area contributed by atoms with E-state index in [1.54, 1.807) is 6.92 Å². The molecule has 1 aromatic carbocycles. The summed E-state index contributed by atoms with van der Waals surface area (Å²) in [5.74, 6) is -0.870. The molecule has 4 nitrogen and oxygen atoms in total. The summed E-state index contributed by atoms with van der Waals surface area (Å²) in [4.78, 5) is 23.8. The smallest absolute Gasteiger partial charge is 0.308 e. The first-order valence-electron chi connectivity index (χ1n) is 8.32. The zero-order valence-electron chi connectivity index (χ0n) is 14.6. The maximum absolute atomic E-state index is 12.2. The molecule has 0 saturated carbocycles. The molecule has 0 aliphatic rings. The van der Waals surface area contributed by atoms with Crippen molar-refractivity contribution in [3.8, 4) is 0 Å². The molecule has 3 unspecified atom stereocenters. The molecule has 0 fully saturated rings. The summed E-state index contributed by atoms with van der Waals surface area (Å²) in [6.45, 7) is 6.18. The van der Waals surface area contributed by atoms with E-state index in [0.717, 1.165) is 6.42 Å².